The molecule has 0 saturated heterocycles. The zero-order valence-electron chi connectivity index (χ0n) is 19.3. The summed E-state index contributed by atoms with van der Waals surface area (Å²) >= 11 is 0. The van der Waals surface area contributed by atoms with E-state index >= 15 is 0 Å². The first-order chi connectivity index (χ1) is 14.6. The summed E-state index contributed by atoms with van der Waals surface area (Å²) in [7, 11) is 0. The Kier molecular flexibility index (Phi) is 11.5. The molecule has 0 spiro atoms. The van der Waals surface area contributed by atoms with Crippen LogP contribution in [0.5, 0.6) is 0 Å². The fourth-order valence-corrected chi connectivity index (χ4v) is 2.70. The molecule has 0 aliphatic carbocycles. The minimum absolute atomic E-state index is 0.146. The number of carbonyl (C=O) groups excluding carboxylic acids is 3. The Morgan fingerprint density at radius 2 is 1.55 bits per heavy atom. The van der Waals surface area contributed by atoms with E-state index in [0.717, 1.165) is 5.56 Å². The van der Waals surface area contributed by atoms with Gasteiger partial charge < -0.3 is 25.4 Å². The number of alkyl carbamates (subject to hydrolysis) is 2. The van der Waals surface area contributed by atoms with Crippen LogP contribution in [0.4, 0.5) is 9.59 Å². The molecule has 3 amide bonds. The van der Waals surface area contributed by atoms with Crippen molar-refractivity contribution in [3.8, 4) is 0 Å². The Morgan fingerprint density at radius 1 is 0.935 bits per heavy atom. The second-order valence-corrected chi connectivity index (χ2v) is 8.82. The highest BCUT2D eigenvalue weighted by Gasteiger charge is 2.22. The Labute approximate surface area is 185 Å². The van der Waals surface area contributed by atoms with Crippen LogP contribution >= 0.6 is 0 Å². The van der Waals surface area contributed by atoms with Gasteiger partial charge in [-0.15, -0.1) is 0 Å². The molecular formula is C23H37N3O5. The third-order valence-electron chi connectivity index (χ3n) is 4.10. The lowest BCUT2D eigenvalue weighted by molar-refractivity contribution is -0.123. The van der Waals surface area contributed by atoms with Crippen molar-refractivity contribution in [3.05, 3.63) is 35.9 Å². The van der Waals surface area contributed by atoms with Crippen LogP contribution in [-0.4, -0.2) is 42.8 Å². The molecule has 0 heterocycles. The molecular weight excluding hydrogens is 398 g/mol. The average molecular weight is 436 g/mol. The molecule has 1 aromatic carbocycles. The summed E-state index contributed by atoms with van der Waals surface area (Å²) in [5.74, 6) is -0.0198. The smallest absolute Gasteiger partial charge is 0.408 e. The van der Waals surface area contributed by atoms with Gasteiger partial charge in [0.2, 0.25) is 5.91 Å². The summed E-state index contributed by atoms with van der Waals surface area (Å²) in [6.45, 7) is 10.4. The van der Waals surface area contributed by atoms with Crippen LogP contribution in [0.1, 0.15) is 59.4 Å². The van der Waals surface area contributed by atoms with E-state index in [2.05, 4.69) is 16.0 Å². The number of nitrogens with one attached hydrogen (secondary N) is 3. The first-order valence-corrected chi connectivity index (χ1v) is 10.8. The van der Waals surface area contributed by atoms with Crippen molar-refractivity contribution in [2.45, 2.75) is 72.1 Å². The number of benzene rings is 1. The summed E-state index contributed by atoms with van der Waals surface area (Å²) < 4.78 is 10.4. The molecule has 0 saturated carbocycles. The highest BCUT2D eigenvalue weighted by Crippen LogP contribution is 2.07. The van der Waals surface area contributed by atoms with Crippen molar-refractivity contribution in [1.29, 1.82) is 0 Å². The van der Waals surface area contributed by atoms with Gasteiger partial charge in [-0.05, 0) is 51.5 Å². The monoisotopic (exact) mass is 435 g/mol. The second-order valence-electron chi connectivity index (χ2n) is 8.82. The molecule has 1 rings (SSSR count). The Hall–Kier alpha value is -2.77. The summed E-state index contributed by atoms with van der Waals surface area (Å²) in [4.78, 5) is 36.2. The highest BCUT2D eigenvalue weighted by atomic mass is 16.6. The van der Waals surface area contributed by atoms with E-state index in [1.807, 2.05) is 44.2 Å². The summed E-state index contributed by atoms with van der Waals surface area (Å²) in [5.41, 5.74) is 0.348. The molecule has 0 fully saturated rings. The number of hydrogen-bond donors (Lipinski definition) is 3. The number of unbranched alkanes of at least 4 members (excludes halogenated alkanes) is 1. The van der Waals surface area contributed by atoms with Gasteiger partial charge in [0.05, 0.1) is 0 Å². The molecule has 0 unspecified atom stereocenters. The third kappa shape index (κ3) is 13.2. The van der Waals surface area contributed by atoms with Gasteiger partial charge in [0.15, 0.2) is 0 Å². The molecule has 0 aromatic heterocycles. The van der Waals surface area contributed by atoms with Gasteiger partial charge in [0, 0.05) is 13.1 Å². The molecule has 174 valence electrons. The Bertz CT molecular complexity index is 686. The molecule has 0 aliphatic heterocycles. The zero-order valence-corrected chi connectivity index (χ0v) is 19.3. The largest absolute Gasteiger partial charge is 0.445 e. The van der Waals surface area contributed by atoms with Crippen molar-refractivity contribution in [1.82, 2.24) is 16.0 Å². The Morgan fingerprint density at radius 3 is 2.13 bits per heavy atom. The third-order valence-corrected chi connectivity index (χ3v) is 4.10. The van der Waals surface area contributed by atoms with E-state index < -0.39 is 23.8 Å². The molecule has 0 aliphatic rings. The number of hydrogen-bond acceptors (Lipinski definition) is 5. The summed E-state index contributed by atoms with van der Waals surface area (Å²) in [5, 5.41) is 8.18. The fourth-order valence-electron chi connectivity index (χ4n) is 2.70. The minimum Gasteiger partial charge on any atom is -0.445 e. The van der Waals surface area contributed by atoms with Crippen LogP contribution in [0, 0.1) is 5.92 Å². The summed E-state index contributed by atoms with van der Waals surface area (Å²) in [6.07, 6.45) is 0.819. The number of carbonyl (C=O) groups is 3. The first-order valence-electron chi connectivity index (χ1n) is 10.8. The normalized spacial score (nSPS) is 12.1. The van der Waals surface area contributed by atoms with E-state index in [1.165, 1.54) is 0 Å². The number of ether oxygens (including phenoxy) is 2. The van der Waals surface area contributed by atoms with Crippen molar-refractivity contribution in [2.24, 2.45) is 5.92 Å². The van der Waals surface area contributed by atoms with Gasteiger partial charge in [-0.3, -0.25) is 4.79 Å². The first kappa shape index (κ1) is 26.3. The van der Waals surface area contributed by atoms with Gasteiger partial charge in [-0.2, -0.15) is 0 Å². The molecule has 0 bridgehead atoms. The SMILES string of the molecule is CC(C)C[C@H](NC(=O)OCc1ccccc1)C(=O)NCCCCNC(=O)OC(C)(C)C. The summed E-state index contributed by atoms with van der Waals surface area (Å²) in [6, 6.07) is 8.69. The maximum atomic E-state index is 12.5. The van der Waals surface area contributed by atoms with Crippen LogP contribution in [0.15, 0.2) is 30.3 Å². The van der Waals surface area contributed by atoms with Crippen LogP contribution in [0.25, 0.3) is 0 Å². The van der Waals surface area contributed by atoms with Gasteiger partial charge >= 0.3 is 12.2 Å². The van der Waals surface area contributed by atoms with Gasteiger partial charge in [0.25, 0.3) is 0 Å². The van der Waals surface area contributed by atoms with Gasteiger partial charge in [0.1, 0.15) is 18.2 Å². The highest BCUT2D eigenvalue weighted by molar-refractivity contribution is 5.85. The molecule has 1 atom stereocenters. The average Bonchev–Trinajstić information content (AvgIpc) is 2.67. The predicted molar refractivity (Wildman–Crippen MR) is 119 cm³/mol. The van der Waals surface area contributed by atoms with E-state index in [1.54, 1.807) is 20.8 Å². The van der Waals surface area contributed by atoms with Crippen molar-refractivity contribution in [2.75, 3.05) is 13.1 Å². The maximum absolute atomic E-state index is 12.5. The van der Waals surface area contributed by atoms with E-state index in [9.17, 15) is 14.4 Å². The number of amides is 3. The molecule has 1 aromatic rings. The van der Waals surface area contributed by atoms with Crippen LogP contribution in [0.2, 0.25) is 0 Å². The van der Waals surface area contributed by atoms with Crippen LogP contribution < -0.4 is 16.0 Å². The Balaban J connectivity index is 2.32. The zero-order chi connectivity index (χ0) is 23.3. The molecule has 31 heavy (non-hydrogen) atoms. The second kappa shape index (κ2) is 13.5. The fraction of sp³-hybridized carbons (Fsp3) is 0.609. The standard InChI is InChI=1S/C23H37N3O5/c1-17(2)15-19(26-22(29)30-16-18-11-7-6-8-12-18)20(27)24-13-9-10-14-25-21(28)31-23(3,4)5/h6-8,11-12,17,19H,9-10,13-16H2,1-5H3,(H,24,27)(H,25,28)(H,26,29)/t19-/m0/s1. The molecule has 3 N–H and O–H groups in total. The van der Waals surface area contributed by atoms with Gasteiger partial charge in [-0.1, -0.05) is 44.2 Å². The lowest BCUT2D eigenvalue weighted by Crippen LogP contribution is -2.47. The van der Waals surface area contributed by atoms with E-state index in [4.69, 9.17) is 9.47 Å². The van der Waals surface area contributed by atoms with Crippen LogP contribution in [0.3, 0.4) is 0 Å². The molecule has 8 heteroatoms. The number of rotatable bonds is 11. The predicted octanol–water partition coefficient (Wildman–Crippen LogP) is 3.75. The molecule has 0 radical (unpaired) electrons. The topological polar surface area (TPSA) is 106 Å². The van der Waals surface area contributed by atoms with Crippen molar-refractivity contribution in [3.63, 3.8) is 0 Å². The van der Waals surface area contributed by atoms with Crippen molar-refractivity contribution < 1.29 is 23.9 Å². The maximum Gasteiger partial charge on any atom is 0.408 e. The van der Waals surface area contributed by atoms with Crippen LogP contribution in [-0.2, 0) is 20.9 Å². The molecule has 8 nitrogen and oxygen atoms in total. The lowest BCUT2D eigenvalue weighted by Gasteiger charge is -2.20. The quantitative estimate of drug-likeness (QED) is 0.459. The van der Waals surface area contributed by atoms with Gasteiger partial charge in [-0.25, -0.2) is 9.59 Å². The van der Waals surface area contributed by atoms with E-state index in [0.29, 0.717) is 32.4 Å². The minimum atomic E-state index is -0.664. The van der Waals surface area contributed by atoms with Crippen molar-refractivity contribution >= 4 is 18.1 Å². The lowest BCUT2D eigenvalue weighted by atomic mass is 10.0. The van der Waals surface area contributed by atoms with E-state index in [-0.39, 0.29) is 18.4 Å².